The van der Waals surface area contributed by atoms with Crippen molar-refractivity contribution in [3.63, 3.8) is 0 Å². The molecule has 0 aliphatic heterocycles. The molecule has 102 valence electrons. The van der Waals surface area contributed by atoms with Crippen molar-refractivity contribution in [2.45, 2.75) is 0 Å². The van der Waals surface area contributed by atoms with Crippen LogP contribution in [0.3, 0.4) is 0 Å². The minimum absolute atomic E-state index is 0.0460. The van der Waals surface area contributed by atoms with E-state index in [9.17, 15) is 8.78 Å². The van der Waals surface area contributed by atoms with Gasteiger partial charge in [0.1, 0.15) is 0 Å². The number of hydrogen-bond acceptors (Lipinski definition) is 4. The Morgan fingerprint density at radius 1 is 1.15 bits per heavy atom. The number of hydrogen-bond donors (Lipinski definition) is 1. The molecule has 0 fully saturated rings. The number of halogens is 2. The van der Waals surface area contributed by atoms with E-state index in [2.05, 4.69) is 0 Å². The van der Waals surface area contributed by atoms with Crippen LogP contribution in [0.5, 0.6) is 17.2 Å². The Bertz CT molecular complexity index is 696. The zero-order valence-corrected chi connectivity index (χ0v) is 10.5. The average molecular weight is 276 g/mol. The van der Waals surface area contributed by atoms with Gasteiger partial charge in [0, 0.05) is 6.07 Å². The van der Waals surface area contributed by atoms with Crippen LogP contribution in [-0.2, 0) is 0 Å². The third-order valence-corrected chi connectivity index (χ3v) is 2.59. The van der Waals surface area contributed by atoms with Crippen LogP contribution in [0.4, 0.5) is 14.5 Å². The molecule has 0 spiro atoms. The van der Waals surface area contributed by atoms with Crippen molar-refractivity contribution in [2.75, 3.05) is 12.8 Å². The number of ether oxygens (including phenoxy) is 2. The predicted octanol–water partition coefficient (Wildman–Crippen LogP) is 3.22. The van der Waals surface area contributed by atoms with Crippen LogP contribution in [0.2, 0.25) is 0 Å². The van der Waals surface area contributed by atoms with Crippen LogP contribution in [0.1, 0.15) is 5.56 Å². The molecule has 0 unspecified atom stereocenters. The number of rotatable bonds is 3. The fourth-order valence-electron chi connectivity index (χ4n) is 1.58. The maximum absolute atomic E-state index is 13.7. The largest absolute Gasteiger partial charge is 0.493 e. The van der Waals surface area contributed by atoms with E-state index >= 15 is 0 Å². The van der Waals surface area contributed by atoms with Gasteiger partial charge >= 0.3 is 0 Å². The highest BCUT2D eigenvalue weighted by atomic mass is 19.2. The summed E-state index contributed by atoms with van der Waals surface area (Å²) < 4.78 is 37.1. The number of nitrogen functional groups attached to an aromatic ring is 1. The van der Waals surface area contributed by atoms with Crippen LogP contribution in [0.15, 0.2) is 30.3 Å². The van der Waals surface area contributed by atoms with Crippen LogP contribution in [0.25, 0.3) is 0 Å². The van der Waals surface area contributed by atoms with Crippen molar-refractivity contribution < 1.29 is 18.3 Å². The lowest BCUT2D eigenvalue weighted by Crippen LogP contribution is -1.99. The molecule has 2 aromatic rings. The van der Waals surface area contributed by atoms with Crippen molar-refractivity contribution >= 4 is 5.69 Å². The minimum atomic E-state index is -1.18. The number of methoxy groups -OCH3 is 1. The Morgan fingerprint density at radius 3 is 2.55 bits per heavy atom. The summed E-state index contributed by atoms with van der Waals surface area (Å²) in [5.41, 5.74) is 5.86. The Kier molecular flexibility index (Phi) is 3.71. The Balaban J connectivity index is 2.46. The van der Waals surface area contributed by atoms with Gasteiger partial charge in [-0.15, -0.1) is 0 Å². The van der Waals surface area contributed by atoms with Gasteiger partial charge in [0.25, 0.3) is 0 Å². The van der Waals surface area contributed by atoms with Gasteiger partial charge in [-0.05, 0) is 24.3 Å². The fourth-order valence-corrected chi connectivity index (χ4v) is 1.58. The molecule has 0 saturated carbocycles. The highest BCUT2D eigenvalue weighted by molar-refractivity contribution is 5.57. The Labute approximate surface area is 114 Å². The lowest BCUT2D eigenvalue weighted by atomic mass is 10.2. The topological polar surface area (TPSA) is 68.3 Å². The van der Waals surface area contributed by atoms with E-state index in [1.165, 1.54) is 31.4 Å². The van der Waals surface area contributed by atoms with Crippen molar-refractivity contribution in [3.05, 3.63) is 47.5 Å². The lowest BCUT2D eigenvalue weighted by molar-refractivity contribution is 0.366. The molecular weight excluding hydrogens is 266 g/mol. The van der Waals surface area contributed by atoms with Crippen LogP contribution < -0.4 is 15.2 Å². The molecule has 20 heavy (non-hydrogen) atoms. The second-order valence-electron chi connectivity index (χ2n) is 3.86. The molecule has 2 aromatic carbocycles. The third kappa shape index (κ3) is 2.47. The SMILES string of the molecule is COc1cc(C#N)ccc1Oc1c(N)ccc(F)c1F. The van der Waals surface area contributed by atoms with E-state index in [1.807, 2.05) is 6.07 Å². The number of benzene rings is 2. The predicted molar refractivity (Wildman–Crippen MR) is 68.6 cm³/mol. The van der Waals surface area contributed by atoms with Crippen molar-refractivity contribution in [2.24, 2.45) is 0 Å². The maximum atomic E-state index is 13.7. The molecule has 6 heteroatoms. The van der Waals surface area contributed by atoms with Gasteiger partial charge in [0.05, 0.1) is 24.4 Å². The minimum Gasteiger partial charge on any atom is -0.493 e. The summed E-state index contributed by atoms with van der Waals surface area (Å²) in [7, 11) is 1.37. The molecule has 0 atom stereocenters. The third-order valence-electron chi connectivity index (χ3n) is 2.59. The van der Waals surface area contributed by atoms with Crippen molar-refractivity contribution in [3.8, 4) is 23.3 Å². The van der Waals surface area contributed by atoms with Gasteiger partial charge < -0.3 is 15.2 Å². The summed E-state index contributed by atoms with van der Waals surface area (Å²) in [5, 5.41) is 8.79. The van der Waals surface area contributed by atoms with Crippen LogP contribution in [0, 0.1) is 23.0 Å². The molecule has 2 rings (SSSR count). The van der Waals surface area contributed by atoms with Crippen LogP contribution >= 0.6 is 0 Å². The zero-order valence-electron chi connectivity index (χ0n) is 10.5. The van der Waals surface area contributed by atoms with E-state index in [4.69, 9.17) is 20.5 Å². The van der Waals surface area contributed by atoms with E-state index in [-0.39, 0.29) is 17.2 Å². The average Bonchev–Trinajstić information content (AvgIpc) is 2.47. The van der Waals surface area contributed by atoms with Gasteiger partial charge in [0.15, 0.2) is 23.1 Å². The molecule has 0 aliphatic carbocycles. The Morgan fingerprint density at radius 2 is 1.90 bits per heavy atom. The molecular formula is C14H10F2N2O2. The molecule has 0 aliphatic rings. The van der Waals surface area contributed by atoms with Gasteiger partial charge in [-0.3, -0.25) is 0 Å². The summed E-state index contributed by atoms with van der Waals surface area (Å²) in [6, 6.07) is 8.34. The number of nitrogens with zero attached hydrogens (tertiary/aromatic N) is 1. The van der Waals surface area contributed by atoms with E-state index in [1.54, 1.807) is 0 Å². The Hall–Kier alpha value is -2.81. The number of nitriles is 1. The fraction of sp³-hybridized carbons (Fsp3) is 0.0714. The summed E-state index contributed by atoms with van der Waals surface area (Å²) in [6.45, 7) is 0. The van der Waals surface area contributed by atoms with E-state index in [0.29, 0.717) is 5.56 Å². The molecule has 0 bridgehead atoms. The summed E-state index contributed by atoms with van der Waals surface area (Å²) in [5.74, 6) is -2.33. The van der Waals surface area contributed by atoms with Crippen molar-refractivity contribution in [1.29, 1.82) is 5.26 Å². The molecule has 0 radical (unpaired) electrons. The quantitative estimate of drug-likeness (QED) is 0.874. The first-order valence-electron chi connectivity index (χ1n) is 5.56. The molecule has 0 aromatic heterocycles. The molecule has 4 nitrogen and oxygen atoms in total. The molecule has 0 heterocycles. The highest BCUT2D eigenvalue weighted by Crippen LogP contribution is 2.36. The van der Waals surface area contributed by atoms with E-state index in [0.717, 1.165) is 6.07 Å². The first-order chi connectivity index (χ1) is 9.56. The number of nitrogens with two attached hydrogens (primary N) is 1. The summed E-state index contributed by atoms with van der Waals surface area (Å²) >= 11 is 0. The second-order valence-corrected chi connectivity index (χ2v) is 3.86. The number of anilines is 1. The first-order valence-corrected chi connectivity index (χ1v) is 5.56. The smallest absolute Gasteiger partial charge is 0.203 e. The zero-order chi connectivity index (χ0) is 14.7. The molecule has 0 saturated heterocycles. The summed E-state index contributed by atoms with van der Waals surface area (Å²) in [6.07, 6.45) is 0. The van der Waals surface area contributed by atoms with Crippen molar-refractivity contribution in [1.82, 2.24) is 0 Å². The second kappa shape index (κ2) is 5.45. The normalized spacial score (nSPS) is 9.90. The van der Waals surface area contributed by atoms with E-state index < -0.39 is 17.4 Å². The highest BCUT2D eigenvalue weighted by Gasteiger charge is 2.16. The standard InChI is InChI=1S/C14H10F2N2O2/c1-19-12-6-8(7-17)2-5-11(12)20-14-10(18)4-3-9(15)13(14)16/h2-6H,18H2,1H3. The summed E-state index contributed by atoms with van der Waals surface area (Å²) in [4.78, 5) is 0. The lowest BCUT2D eigenvalue weighted by Gasteiger charge is -2.13. The van der Waals surface area contributed by atoms with Gasteiger partial charge in [-0.25, -0.2) is 4.39 Å². The molecule has 2 N–H and O–H groups in total. The maximum Gasteiger partial charge on any atom is 0.203 e. The monoisotopic (exact) mass is 276 g/mol. The first kappa shape index (κ1) is 13.6. The van der Waals surface area contributed by atoms with Gasteiger partial charge in [-0.1, -0.05) is 0 Å². The molecule has 0 amide bonds. The van der Waals surface area contributed by atoms with Crippen LogP contribution in [-0.4, -0.2) is 7.11 Å². The van der Waals surface area contributed by atoms with Gasteiger partial charge in [0.2, 0.25) is 5.82 Å². The van der Waals surface area contributed by atoms with Gasteiger partial charge in [-0.2, -0.15) is 9.65 Å².